The van der Waals surface area contributed by atoms with Crippen molar-refractivity contribution in [3.05, 3.63) is 47.8 Å². The van der Waals surface area contributed by atoms with E-state index in [0.29, 0.717) is 5.92 Å². The number of aromatic nitrogens is 3. The number of rotatable bonds is 7. The molecule has 0 spiro atoms. The standard InChI is InChI=1S/C14H20N4O/c1-18-14(11-16-17-18)10-15-9-13(7-8-19)12-5-3-2-4-6-12/h2-6,11,13,15,19H,7-10H2,1H3. The Kier molecular flexibility index (Phi) is 5.06. The summed E-state index contributed by atoms with van der Waals surface area (Å²) in [5, 5.41) is 20.3. The summed E-state index contributed by atoms with van der Waals surface area (Å²) < 4.78 is 1.76. The molecule has 0 saturated carbocycles. The van der Waals surface area contributed by atoms with Gasteiger partial charge in [0.05, 0.1) is 11.9 Å². The third kappa shape index (κ3) is 3.87. The molecule has 2 aromatic rings. The van der Waals surface area contributed by atoms with E-state index in [-0.39, 0.29) is 6.61 Å². The van der Waals surface area contributed by atoms with Gasteiger partial charge in [0.1, 0.15) is 0 Å². The van der Waals surface area contributed by atoms with E-state index in [1.54, 1.807) is 10.9 Å². The van der Waals surface area contributed by atoms with E-state index in [1.165, 1.54) is 5.56 Å². The van der Waals surface area contributed by atoms with Gasteiger partial charge in [-0.1, -0.05) is 35.5 Å². The number of hydrogen-bond donors (Lipinski definition) is 2. The number of nitrogens with zero attached hydrogens (tertiary/aromatic N) is 3. The molecule has 2 rings (SSSR count). The van der Waals surface area contributed by atoms with Crippen LogP contribution in [0.15, 0.2) is 36.5 Å². The molecule has 102 valence electrons. The third-order valence-corrected chi connectivity index (χ3v) is 3.25. The van der Waals surface area contributed by atoms with E-state index < -0.39 is 0 Å². The molecule has 19 heavy (non-hydrogen) atoms. The van der Waals surface area contributed by atoms with Gasteiger partial charge in [0.25, 0.3) is 0 Å². The van der Waals surface area contributed by atoms with E-state index >= 15 is 0 Å². The number of nitrogens with one attached hydrogen (secondary N) is 1. The second kappa shape index (κ2) is 7.01. The highest BCUT2D eigenvalue weighted by atomic mass is 16.3. The quantitative estimate of drug-likeness (QED) is 0.781. The first-order chi connectivity index (χ1) is 9.31. The Labute approximate surface area is 113 Å². The minimum atomic E-state index is 0.203. The van der Waals surface area contributed by atoms with Gasteiger partial charge in [-0.05, 0) is 17.9 Å². The molecular weight excluding hydrogens is 240 g/mol. The highest BCUT2D eigenvalue weighted by molar-refractivity contribution is 5.19. The van der Waals surface area contributed by atoms with Crippen LogP contribution in [0.4, 0.5) is 0 Å². The van der Waals surface area contributed by atoms with Gasteiger partial charge in [-0.2, -0.15) is 0 Å². The highest BCUT2D eigenvalue weighted by Gasteiger charge is 2.10. The lowest BCUT2D eigenvalue weighted by molar-refractivity contribution is 0.273. The average molecular weight is 260 g/mol. The van der Waals surface area contributed by atoms with Crippen LogP contribution >= 0.6 is 0 Å². The van der Waals surface area contributed by atoms with Crippen molar-refractivity contribution < 1.29 is 5.11 Å². The maximum Gasteiger partial charge on any atom is 0.0738 e. The van der Waals surface area contributed by atoms with Crippen molar-refractivity contribution in [2.45, 2.75) is 18.9 Å². The molecule has 1 heterocycles. The van der Waals surface area contributed by atoms with Crippen molar-refractivity contribution >= 4 is 0 Å². The van der Waals surface area contributed by atoms with Crippen molar-refractivity contribution in [1.82, 2.24) is 20.3 Å². The average Bonchev–Trinajstić information content (AvgIpc) is 2.84. The Balaban J connectivity index is 1.89. The molecule has 0 aliphatic carbocycles. The summed E-state index contributed by atoms with van der Waals surface area (Å²) in [5.74, 6) is 0.326. The Morgan fingerprint density at radius 3 is 2.74 bits per heavy atom. The molecule has 0 aliphatic rings. The van der Waals surface area contributed by atoms with Crippen LogP contribution in [0, 0.1) is 0 Å². The van der Waals surface area contributed by atoms with Crippen molar-refractivity contribution in [2.24, 2.45) is 7.05 Å². The summed E-state index contributed by atoms with van der Waals surface area (Å²) in [6.07, 6.45) is 2.53. The lowest BCUT2D eigenvalue weighted by Crippen LogP contribution is -2.23. The fourth-order valence-corrected chi connectivity index (χ4v) is 2.11. The molecule has 0 amide bonds. The van der Waals surface area contributed by atoms with Crippen LogP contribution in [0.3, 0.4) is 0 Å². The van der Waals surface area contributed by atoms with Crippen molar-refractivity contribution in [3.63, 3.8) is 0 Å². The summed E-state index contributed by atoms with van der Waals surface area (Å²) in [4.78, 5) is 0. The van der Waals surface area contributed by atoms with Gasteiger partial charge in [0.2, 0.25) is 0 Å². The minimum Gasteiger partial charge on any atom is -0.396 e. The molecule has 0 fully saturated rings. The molecule has 0 saturated heterocycles. The van der Waals surface area contributed by atoms with Gasteiger partial charge in [0, 0.05) is 26.7 Å². The molecular formula is C14H20N4O. The van der Waals surface area contributed by atoms with Crippen molar-refractivity contribution in [1.29, 1.82) is 0 Å². The van der Waals surface area contributed by atoms with Crippen LogP contribution in [0.1, 0.15) is 23.6 Å². The van der Waals surface area contributed by atoms with Crippen molar-refractivity contribution in [3.8, 4) is 0 Å². The van der Waals surface area contributed by atoms with Crippen LogP contribution < -0.4 is 5.32 Å². The number of aliphatic hydroxyl groups is 1. The molecule has 1 aromatic heterocycles. The maximum absolute atomic E-state index is 9.17. The van der Waals surface area contributed by atoms with Gasteiger partial charge < -0.3 is 10.4 Å². The van der Waals surface area contributed by atoms with Gasteiger partial charge in [-0.3, -0.25) is 4.68 Å². The summed E-state index contributed by atoms with van der Waals surface area (Å²) in [6, 6.07) is 10.3. The second-order valence-electron chi connectivity index (χ2n) is 4.60. The van der Waals surface area contributed by atoms with E-state index in [4.69, 9.17) is 0 Å². The molecule has 0 aliphatic heterocycles. The Morgan fingerprint density at radius 2 is 2.11 bits per heavy atom. The summed E-state index contributed by atoms with van der Waals surface area (Å²) in [7, 11) is 1.88. The summed E-state index contributed by atoms with van der Waals surface area (Å²) in [5.41, 5.74) is 2.31. The first-order valence-corrected chi connectivity index (χ1v) is 6.51. The lowest BCUT2D eigenvalue weighted by atomic mass is 9.96. The number of benzene rings is 1. The van der Waals surface area contributed by atoms with Gasteiger partial charge in [0.15, 0.2) is 0 Å². The molecule has 2 N–H and O–H groups in total. The zero-order chi connectivity index (χ0) is 13.5. The van der Waals surface area contributed by atoms with E-state index in [9.17, 15) is 5.11 Å². The first-order valence-electron chi connectivity index (χ1n) is 6.51. The second-order valence-corrected chi connectivity index (χ2v) is 4.60. The molecule has 0 radical (unpaired) electrons. The first kappa shape index (κ1) is 13.7. The van der Waals surface area contributed by atoms with Gasteiger partial charge in [-0.25, -0.2) is 0 Å². The molecule has 1 aromatic carbocycles. The van der Waals surface area contributed by atoms with E-state index in [0.717, 1.165) is 25.2 Å². The van der Waals surface area contributed by atoms with E-state index in [1.807, 2.05) is 25.2 Å². The smallest absolute Gasteiger partial charge is 0.0738 e. The maximum atomic E-state index is 9.17. The number of aryl methyl sites for hydroxylation is 1. The van der Waals surface area contributed by atoms with Crippen LogP contribution in [0.2, 0.25) is 0 Å². The summed E-state index contributed by atoms with van der Waals surface area (Å²) >= 11 is 0. The van der Waals surface area contributed by atoms with Crippen LogP contribution in [0.5, 0.6) is 0 Å². The Bertz CT molecular complexity index is 483. The fourth-order valence-electron chi connectivity index (χ4n) is 2.11. The topological polar surface area (TPSA) is 63.0 Å². The third-order valence-electron chi connectivity index (χ3n) is 3.25. The van der Waals surface area contributed by atoms with Gasteiger partial charge >= 0.3 is 0 Å². The van der Waals surface area contributed by atoms with Crippen LogP contribution in [-0.4, -0.2) is 33.3 Å². The molecule has 1 atom stereocenters. The minimum absolute atomic E-state index is 0.203. The molecule has 1 unspecified atom stereocenters. The van der Waals surface area contributed by atoms with E-state index in [2.05, 4.69) is 27.8 Å². The predicted molar refractivity (Wildman–Crippen MR) is 73.6 cm³/mol. The Hall–Kier alpha value is -1.72. The predicted octanol–water partition coefficient (Wildman–Crippen LogP) is 1.07. The SMILES string of the molecule is Cn1nncc1CNCC(CCO)c1ccccc1. The normalized spacial score (nSPS) is 12.5. The van der Waals surface area contributed by atoms with Crippen molar-refractivity contribution in [2.75, 3.05) is 13.2 Å². The van der Waals surface area contributed by atoms with Crippen LogP contribution in [-0.2, 0) is 13.6 Å². The lowest BCUT2D eigenvalue weighted by Gasteiger charge is -2.17. The van der Waals surface area contributed by atoms with Crippen LogP contribution in [0.25, 0.3) is 0 Å². The Morgan fingerprint density at radius 1 is 1.32 bits per heavy atom. The molecule has 5 nitrogen and oxygen atoms in total. The monoisotopic (exact) mass is 260 g/mol. The molecule has 0 bridgehead atoms. The molecule has 5 heteroatoms. The summed E-state index contributed by atoms with van der Waals surface area (Å²) in [6.45, 7) is 1.77. The van der Waals surface area contributed by atoms with Gasteiger partial charge in [-0.15, -0.1) is 5.10 Å². The largest absolute Gasteiger partial charge is 0.396 e. The highest BCUT2D eigenvalue weighted by Crippen LogP contribution is 2.18. The fraction of sp³-hybridized carbons (Fsp3) is 0.429. The number of hydrogen-bond acceptors (Lipinski definition) is 4. The zero-order valence-electron chi connectivity index (χ0n) is 11.2. The number of aliphatic hydroxyl groups excluding tert-OH is 1. The zero-order valence-corrected chi connectivity index (χ0v) is 11.2.